The molecular weight excluding hydrogens is 206 g/mol. The predicted molar refractivity (Wildman–Crippen MR) is 62.2 cm³/mol. The van der Waals surface area contributed by atoms with Gasteiger partial charge in [0, 0.05) is 25.7 Å². The number of carbonyl (C=O) groups excluding carboxylic acids is 1. The zero-order valence-corrected chi connectivity index (χ0v) is 10.2. The molecule has 1 N–H and O–H groups in total. The summed E-state index contributed by atoms with van der Waals surface area (Å²) in [5, 5.41) is 8.83. The Morgan fingerprint density at radius 3 is 2.69 bits per heavy atom. The van der Waals surface area contributed by atoms with E-state index in [0.29, 0.717) is 19.1 Å². The van der Waals surface area contributed by atoms with Gasteiger partial charge >= 0.3 is 5.97 Å². The van der Waals surface area contributed by atoms with Gasteiger partial charge in [-0.1, -0.05) is 6.42 Å². The molecule has 0 aromatic heterocycles. The molecule has 0 aromatic rings. The lowest BCUT2D eigenvalue weighted by atomic mass is 9.91. The van der Waals surface area contributed by atoms with Crippen LogP contribution in [-0.4, -0.2) is 48.3 Å². The van der Waals surface area contributed by atoms with E-state index in [1.54, 1.807) is 0 Å². The Kier molecular flexibility index (Phi) is 6.42. The topological polar surface area (TPSA) is 49.8 Å². The van der Waals surface area contributed by atoms with Gasteiger partial charge in [0.05, 0.1) is 13.0 Å². The number of rotatable bonds is 8. The highest BCUT2D eigenvalue weighted by atomic mass is 16.5. The molecule has 1 saturated carbocycles. The van der Waals surface area contributed by atoms with Crippen LogP contribution in [-0.2, 0) is 9.53 Å². The lowest BCUT2D eigenvalue weighted by Crippen LogP contribution is -2.42. The Morgan fingerprint density at radius 1 is 1.44 bits per heavy atom. The largest absolute Gasteiger partial charge is 0.466 e. The Labute approximate surface area is 97.6 Å². The van der Waals surface area contributed by atoms with Crippen molar-refractivity contribution < 1.29 is 14.6 Å². The molecule has 0 unspecified atom stereocenters. The molecule has 0 bridgehead atoms. The Hall–Kier alpha value is -0.610. The fourth-order valence-electron chi connectivity index (χ4n) is 1.97. The first-order valence-corrected chi connectivity index (χ1v) is 6.28. The second kappa shape index (κ2) is 7.63. The molecule has 1 aliphatic carbocycles. The monoisotopic (exact) mass is 229 g/mol. The number of nitrogens with zero attached hydrogens (tertiary/aromatic N) is 1. The number of esters is 1. The molecule has 94 valence electrons. The van der Waals surface area contributed by atoms with Crippen molar-refractivity contribution in [2.75, 3.05) is 26.3 Å². The number of ether oxygens (including phenoxy) is 1. The van der Waals surface area contributed by atoms with Crippen LogP contribution in [0.1, 0.15) is 39.0 Å². The van der Waals surface area contributed by atoms with E-state index in [1.165, 1.54) is 19.3 Å². The quantitative estimate of drug-likeness (QED) is 0.635. The number of aliphatic hydroxyl groups is 1. The predicted octanol–water partition coefficient (Wildman–Crippen LogP) is 1.18. The van der Waals surface area contributed by atoms with Crippen molar-refractivity contribution in [1.29, 1.82) is 0 Å². The van der Waals surface area contributed by atoms with Gasteiger partial charge in [0.15, 0.2) is 0 Å². The average Bonchev–Trinajstić information content (AvgIpc) is 2.19. The minimum Gasteiger partial charge on any atom is -0.466 e. The summed E-state index contributed by atoms with van der Waals surface area (Å²) in [5.74, 6) is -0.115. The maximum absolute atomic E-state index is 11.3. The van der Waals surface area contributed by atoms with Crippen molar-refractivity contribution >= 4 is 5.97 Å². The zero-order chi connectivity index (χ0) is 11.8. The van der Waals surface area contributed by atoms with E-state index in [4.69, 9.17) is 9.84 Å². The summed E-state index contributed by atoms with van der Waals surface area (Å²) >= 11 is 0. The van der Waals surface area contributed by atoms with Crippen LogP contribution in [0.4, 0.5) is 0 Å². The Balaban J connectivity index is 2.23. The van der Waals surface area contributed by atoms with Crippen molar-refractivity contribution in [2.45, 2.75) is 45.1 Å². The van der Waals surface area contributed by atoms with Gasteiger partial charge < -0.3 is 9.84 Å². The van der Waals surface area contributed by atoms with E-state index < -0.39 is 0 Å². The first-order valence-electron chi connectivity index (χ1n) is 6.28. The zero-order valence-electron chi connectivity index (χ0n) is 10.2. The highest BCUT2D eigenvalue weighted by molar-refractivity contribution is 5.69. The highest BCUT2D eigenvalue weighted by Gasteiger charge is 2.24. The number of hydrogen-bond donors (Lipinski definition) is 1. The van der Waals surface area contributed by atoms with Crippen LogP contribution in [0, 0.1) is 0 Å². The summed E-state index contributed by atoms with van der Waals surface area (Å²) in [5.41, 5.74) is 0. The van der Waals surface area contributed by atoms with Gasteiger partial charge in [0.2, 0.25) is 0 Å². The molecule has 4 heteroatoms. The molecule has 0 saturated heterocycles. The van der Waals surface area contributed by atoms with E-state index in [9.17, 15) is 4.79 Å². The van der Waals surface area contributed by atoms with Crippen molar-refractivity contribution in [1.82, 2.24) is 4.90 Å². The van der Waals surface area contributed by atoms with Crippen molar-refractivity contribution in [3.8, 4) is 0 Å². The molecule has 0 atom stereocenters. The molecule has 0 spiro atoms. The maximum atomic E-state index is 11.3. The molecule has 1 aliphatic rings. The molecule has 4 nitrogen and oxygen atoms in total. The fraction of sp³-hybridized carbons (Fsp3) is 0.917. The smallest absolute Gasteiger partial charge is 0.307 e. The van der Waals surface area contributed by atoms with Crippen LogP contribution in [0.15, 0.2) is 0 Å². The molecular formula is C12H23NO3. The number of carbonyl (C=O) groups is 1. The van der Waals surface area contributed by atoms with Gasteiger partial charge in [0.1, 0.15) is 0 Å². The summed E-state index contributed by atoms with van der Waals surface area (Å²) in [7, 11) is 0. The highest BCUT2D eigenvalue weighted by Crippen LogP contribution is 2.24. The average molecular weight is 229 g/mol. The van der Waals surface area contributed by atoms with Crippen LogP contribution in [0.5, 0.6) is 0 Å². The first-order chi connectivity index (χ1) is 7.77. The van der Waals surface area contributed by atoms with Gasteiger partial charge in [-0.2, -0.15) is 0 Å². The molecule has 0 aliphatic heterocycles. The molecule has 0 heterocycles. The molecule has 0 amide bonds. The van der Waals surface area contributed by atoms with Crippen LogP contribution < -0.4 is 0 Å². The van der Waals surface area contributed by atoms with Gasteiger partial charge in [-0.25, -0.2) is 0 Å². The Morgan fingerprint density at radius 2 is 2.19 bits per heavy atom. The Bertz CT molecular complexity index is 204. The summed E-state index contributed by atoms with van der Waals surface area (Å²) in [6.45, 7) is 4.17. The third-order valence-corrected chi connectivity index (χ3v) is 3.10. The second-order valence-electron chi connectivity index (χ2n) is 4.25. The van der Waals surface area contributed by atoms with E-state index in [2.05, 4.69) is 4.90 Å². The second-order valence-corrected chi connectivity index (χ2v) is 4.25. The van der Waals surface area contributed by atoms with Crippen LogP contribution in [0.3, 0.4) is 0 Å². The van der Waals surface area contributed by atoms with Crippen molar-refractivity contribution in [2.24, 2.45) is 0 Å². The summed E-state index contributed by atoms with van der Waals surface area (Å²) in [4.78, 5) is 13.6. The number of hydrogen-bond acceptors (Lipinski definition) is 4. The first kappa shape index (κ1) is 13.5. The molecule has 0 aromatic carbocycles. The summed E-state index contributed by atoms with van der Waals surface area (Å²) < 4.78 is 4.91. The molecule has 1 rings (SSSR count). The van der Waals surface area contributed by atoms with Crippen LogP contribution in [0.25, 0.3) is 0 Å². The van der Waals surface area contributed by atoms with Crippen molar-refractivity contribution in [3.63, 3.8) is 0 Å². The van der Waals surface area contributed by atoms with Gasteiger partial charge in [0.25, 0.3) is 0 Å². The van der Waals surface area contributed by atoms with Gasteiger partial charge in [-0.3, -0.25) is 9.69 Å². The third kappa shape index (κ3) is 4.49. The molecule has 1 fully saturated rings. The van der Waals surface area contributed by atoms with Gasteiger partial charge in [-0.05, 0) is 26.2 Å². The van der Waals surface area contributed by atoms with E-state index in [1.807, 2.05) is 6.92 Å². The minimum absolute atomic E-state index is 0.115. The lowest BCUT2D eigenvalue weighted by molar-refractivity contribution is -0.143. The van der Waals surface area contributed by atoms with Crippen molar-refractivity contribution in [3.05, 3.63) is 0 Å². The van der Waals surface area contributed by atoms with E-state index in [0.717, 1.165) is 19.5 Å². The summed E-state index contributed by atoms with van der Waals surface area (Å²) in [6, 6.07) is 0.626. The molecule has 16 heavy (non-hydrogen) atoms. The van der Waals surface area contributed by atoms with Crippen LogP contribution in [0.2, 0.25) is 0 Å². The maximum Gasteiger partial charge on any atom is 0.307 e. The lowest BCUT2D eigenvalue weighted by Gasteiger charge is -2.37. The standard InChI is InChI=1S/C12H23NO3/c1-2-16-12(15)7-9-13(8-4-10-14)11-5-3-6-11/h11,14H,2-10H2,1H3. The minimum atomic E-state index is -0.115. The van der Waals surface area contributed by atoms with Gasteiger partial charge in [-0.15, -0.1) is 0 Å². The SMILES string of the molecule is CCOC(=O)CCN(CCCO)C1CCC1. The normalized spacial score (nSPS) is 16.2. The van der Waals surface area contributed by atoms with E-state index >= 15 is 0 Å². The number of aliphatic hydroxyl groups excluding tert-OH is 1. The van der Waals surface area contributed by atoms with E-state index in [-0.39, 0.29) is 12.6 Å². The molecule has 0 radical (unpaired) electrons. The summed E-state index contributed by atoms with van der Waals surface area (Å²) in [6.07, 6.45) is 5.01. The fourth-order valence-corrected chi connectivity index (χ4v) is 1.97. The third-order valence-electron chi connectivity index (χ3n) is 3.10. The van der Waals surface area contributed by atoms with Crippen LogP contribution >= 0.6 is 0 Å².